The number of piperazine rings is 1. The van der Waals surface area contributed by atoms with Gasteiger partial charge in [0.15, 0.2) is 0 Å². The van der Waals surface area contributed by atoms with Crippen molar-refractivity contribution in [3.63, 3.8) is 0 Å². The quantitative estimate of drug-likeness (QED) is 0.0748. The Morgan fingerprint density at radius 1 is 1.00 bits per heavy atom. The molecule has 1 aliphatic rings. The van der Waals surface area contributed by atoms with Gasteiger partial charge in [-0.25, -0.2) is 4.79 Å². The topological polar surface area (TPSA) is 259 Å². The van der Waals surface area contributed by atoms with Crippen molar-refractivity contribution >= 4 is 41.4 Å². The zero-order chi connectivity index (χ0) is 38.3. The molecule has 0 unspecified atom stereocenters. The van der Waals surface area contributed by atoms with Crippen molar-refractivity contribution in [1.29, 1.82) is 5.41 Å². The lowest BCUT2D eigenvalue weighted by Gasteiger charge is -2.41. The number of nitrogen functional groups attached to an aromatic ring is 1. The summed E-state index contributed by atoms with van der Waals surface area (Å²) in [4.78, 5) is 75.2. The molecule has 1 aliphatic heterocycles. The smallest absolute Gasteiger partial charge is 0.490 e. The first-order chi connectivity index (χ1) is 24.0. The highest BCUT2D eigenvalue weighted by Gasteiger charge is 2.40. The first kappa shape index (κ1) is 41.5. The number of hydrogen-bond acceptors (Lipinski definition) is 9. The van der Waals surface area contributed by atoms with E-state index in [-0.39, 0.29) is 49.8 Å². The van der Waals surface area contributed by atoms with Crippen LogP contribution in [0.5, 0.6) is 5.75 Å². The minimum atomic E-state index is -5.08. The monoisotopic (exact) mass is 723 g/mol. The number of ether oxygens (including phenoxy) is 1. The molecule has 1 saturated heterocycles. The van der Waals surface area contributed by atoms with Gasteiger partial charge in [0, 0.05) is 37.2 Å². The maximum atomic E-state index is 14.1. The fourth-order valence-corrected chi connectivity index (χ4v) is 4.90. The standard InChI is InChI=1S/C30H39N7O7.C2HF3O2/c1-44-22-11-5-19(6-12-22)16-23(35-28(41)21-9-7-20(8-10-21)27(32)33)29(42)37-15-14-36(18-26(39)40)30(43)24(37)4-2-3-13-34-25(38)17-31;3-2(4,5)1(6)7/h5-12,23-24H,2-4,13-18,31H2,1H3,(H3,32,33)(H,34,38)(H,35,41)(H,39,40);(H,6,7)/t23-,24-;/m0./s1. The molecule has 0 radical (unpaired) electrons. The number of nitrogens with two attached hydrogens (primary N) is 2. The van der Waals surface area contributed by atoms with Gasteiger partial charge in [0.25, 0.3) is 5.91 Å². The van der Waals surface area contributed by atoms with Crippen LogP contribution in [0.1, 0.15) is 40.7 Å². The summed E-state index contributed by atoms with van der Waals surface area (Å²) in [6.07, 6.45) is -3.76. The predicted octanol–water partition coefficient (Wildman–Crippen LogP) is 0.323. The normalized spacial score (nSPS) is 14.8. The average molecular weight is 724 g/mol. The van der Waals surface area contributed by atoms with E-state index in [9.17, 15) is 42.3 Å². The van der Waals surface area contributed by atoms with Crippen molar-refractivity contribution in [2.75, 3.05) is 39.8 Å². The number of carbonyl (C=O) groups is 6. The first-order valence-corrected chi connectivity index (χ1v) is 15.4. The van der Waals surface area contributed by atoms with Crippen LogP contribution in [-0.4, -0.2) is 120 Å². The number of carboxylic acids is 2. The Hall–Kier alpha value is -5.72. The number of benzene rings is 2. The van der Waals surface area contributed by atoms with Crippen molar-refractivity contribution in [3.05, 3.63) is 65.2 Å². The summed E-state index contributed by atoms with van der Waals surface area (Å²) in [5, 5.41) is 29.5. The lowest BCUT2D eigenvalue weighted by Crippen LogP contribution is -2.63. The Morgan fingerprint density at radius 2 is 1.59 bits per heavy atom. The molecule has 2 aromatic carbocycles. The van der Waals surface area contributed by atoms with E-state index in [1.165, 1.54) is 41.2 Å². The number of amidine groups is 1. The molecule has 51 heavy (non-hydrogen) atoms. The van der Waals surface area contributed by atoms with Gasteiger partial charge in [-0.3, -0.25) is 29.4 Å². The molecular weight excluding hydrogens is 683 g/mol. The fraction of sp³-hybridized carbons (Fsp3) is 0.406. The Bertz CT molecular complexity index is 1550. The highest BCUT2D eigenvalue weighted by atomic mass is 19.4. The van der Waals surface area contributed by atoms with Gasteiger partial charge in [0.2, 0.25) is 17.7 Å². The number of amides is 4. The van der Waals surface area contributed by atoms with E-state index in [0.717, 1.165) is 5.56 Å². The lowest BCUT2D eigenvalue weighted by molar-refractivity contribution is -0.192. The molecule has 0 bridgehead atoms. The number of hydrogen-bond donors (Lipinski definition) is 7. The molecule has 2 aromatic rings. The Labute approximate surface area is 290 Å². The van der Waals surface area contributed by atoms with E-state index in [0.29, 0.717) is 30.7 Å². The number of halogens is 3. The highest BCUT2D eigenvalue weighted by molar-refractivity contribution is 6.00. The average Bonchev–Trinajstić information content (AvgIpc) is 3.08. The Kier molecular flexibility index (Phi) is 15.8. The molecule has 0 aromatic heterocycles. The van der Waals surface area contributed by atoms with Crippen molar-refractivity contribution < 1.29 is 56.9 Å². The van der Waals surface area contributed by atoms with Crippen molar-refractivity contribution in [1.82, 2.24) is 20.4 Å². The molecule has 278 valence electrons. The zero-order valence-corrected chi connectivity index (χ0v) is 27.6. The largest absolute Gasteiger partial charge is 0.497 e. The van der Waals surface area contributed by atoms with E-state index in [4.69, 9.17) is 31.5 Å². The highest BCUT2D eigenvalue weighted by Crippen LogP contribution is 2.21. The van der Waals surface area contributed by atoms with Gasteiger partial charge in [-0.2, -0.15) is 13.2 Å². The molecule has 19 heteroatoms. The minimum absolute atomic E-state index is 0.0235. The summed E-state index contributed by atoms with van der Waals surface area (Å²) >= 11 is 0. The number of alkyl halides is 3. The Morgan fingerprint density at radius 3 is 2.10 bits per heavy atom. The zero-order valence-electron chi connectivity index (χ0n) is 27.6. The van der Waals surface area contributed by atoms with Crippen LogP contribution in [0.2, 0.25) is 0 Å². The molecule has 4 amide bonds. The second-order valence-corrected chi connectivity index (χ2v) is 11.1. The van der Waals surface area contributed by atoms with Gasteiger partial charge in [-0.15, -0.1) is 0 Å². The predicted molar refractivity (Wildman–Crippen MR) is 175 cm³/mol. The van der Waals surface area contributed by atoms with Crippen LogP contribution in [0, 0.1) is 5.41 Å². The molecule has 0 aliphatic carbocycles. The van der Waals surface area contributed by atoms with Crippen molar-refractivity contribution in [2.45, 2.75) is 43.9 Å². The summed E-state index contributed by atoms with van der Waals surface area (Å²) in [5.41, 5.74) is 12.3. The van der Waals surface area contributed by atoms with Crippen LogP contribution >= 0.6 is 0 Å². The van der Waals surface area contributed by atoms with Gasteiger partial charge in [0.1, 0.15) is 30.2 Å². The van der Waals surface area contributed by atoms with Crippen LogP contribution in [0.4, 0.5) is 13.2 Å². The number of nitrogens with zero attached hydrogens (tertiary/aromatic N) is 2. The molecule has 0 spiro atoms. The third-order valence-corrected chi connectivity index (χ3v) is 7.51. The fourth-order valence-electron chi connectivity index (χ4n) is 4.90. The summed E-state index contributed by atoms with van der Waals surface area (Å²) < 4.78 is 37.0. The van der Waals surface area contributed by atoms with Crippen LogP contribution in [0.3, 0.4) is 0 Å². The summed E-state index contributed by atoms with van der Waals surface area (Å²) in [7, 11) is 1.53. The van der Waals surface area contributed by atoms with Gasteiger partial charge in [-0.1, -0.05) is 24.3 Å². The Balaban J connectivity index is 0.00000116. The number of methoxy groups -OCH3 is 1. The van der Waals surface area contributed by atoms with Crippen LogP contribution in [0.15, 0.2) is 48.5 Å². The third-order valence-electron chi connectivity index (χ3n) is 7.51. The third kappa shape index (κ3) is 13.3. The molecule has 1 fully saturated rings. The van der Waals surface area contributed by atoms with E-state index in [1.54, 1.807) is 24.3 Å². The van der Waals surface area contributed by atoms with Gasteiger partial charge in [-0.05, 0) is 49.1 Å². The first-order valence-electron chi connectivity index (χ1n) is 15.4. The van der Waals surface area contributed by atoms with Crippen molar-refractivity contribution in [2.24, 2.45) is 11.5 Å². The number of aliphatic carboxylic acids is 2. The molecule has 0 saturated carbocycles. The van der Waals surface area contributed by atoms with E-state index in [1.807, 2.05) is 0 Å². The van der Waals surface area contributed by atoms with Gasteiger partial charge >= 0.3 is 18.1 Å². The maximum absolute atomic E-state index is 14.1. The number of nitrogens with one attached hydrogen (secondary N) is 3. The molecule has 1 heterocycles. The van der Waals surface area contributed by atoms with Gasteiger partial charge in [0.05, 0.1) is 13.7 Å². The van der Waals surface area contributed by atoms with Gasteiger partial charge < -0.3 is 46.9 Å². The van der Waals surface area contributed by atoms with E-state index >= 15 is 0 Å². The summed E-state index contributed by atoms with van der Waals surface area (Å²) in [6.45, 7) is -0.200. The van der Waals surface area contributed by atoms with Crippen LogP contribution in [-0.2, 0) is 30.4 Å². The molecule has 2 atom stereocenters. The second-order valence-electron chi connectivity index (χ2n) is 11.1. The molecular formula is C32H40F3N7O9. The van der Waals surface area contributed by atoms with Crippen LogP contribution < -0.4 is 26.8 Å². The van der Waals surface area contributed by atoms with E-state index in [2.05, 4.69) is 10.6 Å². The number of carbonyl (C=O) groups excluding carboxylic acids is 4. The molecule has 16 nitrogen and oxygen atoms in total. The number of rotatable bonds is 15. The maximum Gasteiger partial charge on any atom is 0.490 e. The minimum Gasteiger partial charge on any atom is -0.497 e. The number of carboxylic acid groups (broad SMARTS) is 2. The SMILES string of the molecule is COc1ccc(C[C@H](NC(=O)c2ccc(C(=N)N)cc2)C(=O)N2CCN(CC(=O)O)C(=O)[C@@H]2CCCCNC(=O)CN)cc1.O=C(O)C(F)(F)F. The molecule has 9 N–H and O–H groups in total. The summed E-state index contributed by atoms with van der Waals surface area (Å²) in [6, 6.07) is 11.1. The van der Waals surface area contributed by atoms with E-state index < -0.39 is 54.5 Å². The number of unbranched alkanes of at least 4 members (excludes halogenated alkanes) is 1. The molecule has 3 rings (SSSR count). The van der Waals surface area contributed by atoms with Crippen LogP contribution in [0.25, 0.3) is 0 Å². The van der Waals surface area contributed by atoms with Crippen molar-refractivity contribution in [3.8, 4) is 5.75 Å². The second kappa shape index (κ2) is 19.5. The summed E-state index contributed by atoms with van der Waals surface area (Å²) in [5.74, 6) is -5.27. The lowest BCUT2D eigenvalue weighted by atomic mass is 9.99.